The summed E-state index contributed by atoms with van der Waals surface area (Å²) in [6.45, 7) is 1.71. The molecule has 1 saturated heterocycles. The number of rotatable bonds is 1. The van der Waals surface area contributed by atoms with Crippen molar-refractivity contribution in [1.29, 1.82) is 0 Å². The molecule has 0 bridgehead atoms. The standard InChI is InChI=1S/C5H8O4/c1-2-3-5(7,8)4(6)9-3/h3,7-8H,2H2,1H3. The maximum Gasteiger partial charge on any atom is 0.371 e. The SMILES string of the molecule is CCC1OC(=O)C1(O)O. The fourth-order valence-electron chi connectivity index (χ4n) is 0.739. The van der Waals surface area contributed by atoms with Crippen molar-refractivity contribution >= 4 is 5.97 Å². The van der Waals surface area contributed by atoms with Gasteiger partial charge in [0.15, 0.2) is 6.10 Å². The van der Waals surface area contributed by atoms with E-state index in [1.165, 1.54) is 0 Å². The van der Waals surface area contributed by atoms with Crippen molar-refractivity contribution in [3.63, 3.8) is 0 Å². The van der Waals surface area contributed by atoms with Crippen LogP contribution in [0.25, 0.3) is 0 Å². The van der Waals surface area contributed by atoms with E-state index in [1.807, 2.05) is 0 Å². The third kappa shape index (κ3) is 0.710. The average molecular weight is 132 g/mol. The Kier molecular flexibility index (Phi) is 1.22. The molecule has 1 fully saturated rings. The summed E-state index contributed by atoms with van der Waals surface area (Å²) in [6, 6.07) is 0. The molecule has 0 radical (unpaired) electrons. The molecule has 0 spiro atoms. The van der Waals surface area contributed by atoms with Gasteiger partial charge in [0.05, 0.1) is 0 Å². The van der Waals surface area contributed by atoms with Crippen LogP contribution in [0.3, 0.4) is 0 Å². The summed E-state index contributed by atoms with van der Waals surface area (Å²) < 4.78 is 4.36. The predicted octanol–water partition coefficient (Wildman–Crippen LogP) is -0.997. The molecule has 52 valence electrons. The highest BCUT2D eigenvalue weighted by Gasteiger charge is 2.55. The van der Waals surface area contributed by atoms with Gasteiger partial charge in [-0.1, -0.05) is 6.92 Å². The molecule has 1 unspecified atom stereocenters. The van der Waals surface area contributed by atoms with E-state index in [1.54, 1.807) is 6.92 Å². The Morgan fingerprint density at radius 3 is 2.44 bits per heavy atom. The lowest BCUT2D eigenvalue weighted by molar-refractivity contribution is -0.298. The van der Waals surface area contributed by atoms with Crippen LogP contribution in [0.5, 0.6) is 0 Å². The van der Waals surface area contributed by atoms with Crippen molar-refractivity contribution in [3.8, 4) is 0 Å². The van der Waals surface area contributed by atoms with Gasteiger partial charge in [-0.05, 0) is 6.42 Å². The van der Waals surface area contributed by atoms with Crippen LogP contribution in [0.2, 0.25) is 0 Å². The first-order chi connectivity index (χ1) is 4.09. The highest BCUT2D eigenvalue weighted by molar-refractivity contribution is 5.83. The second kappa shape index (κ2) is 1.68. The molecule has 0 amide bonds. The van der Waals surface area contributed by atoms with Crippen molar-refractivity contribution in [2.75, 3.05) is 0 Å². The third-order valence-corrected chi connectivity index (χ3v) is 1.37. The van der Waals surface area contributed by atoms with Gasteiger partial charge in [-0.25, -0.2) is 4.79 Å². The molecule has 2 N–H and O–H groups in total. The maximum absolute atomic E-state index is 10.2. The molecule has 1 aliphatic heterocycles. The number of hydrogen-bond acceptors (Lipinski definition) is 4. The number of ether oxygens (including phenoxy) is 1. The molecule has 1 atom stereocenters. The molecule has 1 aliphatic rings. The van der Waals surface area contributed by atoms with Gasteiger partial charge < -0.3 is 14.9 Å². The maximum atomic E-state index is 10.2. The molecule has 9 heavy (non-hydrogen) atoms. The van der Waals surface area contributed by atoms with E-state index < -0.39 is 17.9 Å². The molecule has 4 heteroatoms. The smallest absolute Gasteiger partial charge is 0.371 e. The van der Waals surface area contributed by atoms with Crippen LogP contribution in [0.1, 0.15) is 13.3 Å². The van der Waals surface area contributed by atoms with Crippen molar-refractivity contribution in [3.05, 3.63) is 0 Å². The van der Waals surface area contributed by atoms with Gasteiger partial charge in [-0.15, -0.1) is 0 Å². The summed E-state index contributed by atoms with van der Waals surface area (Å²) in [7, 11) is 0. The van der Waals surface area contributed by atoms with Gasteiger partial charge in [0.25, 0.3) is 0 Å². The fraction of sp³-hybridized carbons (Fsp3) is 0.800. The van der Waals surface area contributed by atoms with Gasteiger partial charge >= 0.3 is 11.8 Å². The average Bonchev–Trinajstić information content (AvgIpc) is 1.82. The van der Waals surface area contributed by atoms with Gasteiger partial charge in [0, 0.05) is 0 Å². The van der Waals surface area contributed by atoms with E-state index in [4.69, 9.17) is 10.2 Å². The lowest BCUT2D eigenvalue weighted by Crippen LogP contribution is -2.62. The van der Waals surface area contributed by atoms with Gasteiger partial charge in [-0.3, -0.25) is 0 Å². The van der Waals surface area contributed by atoms with Gasteiger partial charge in [-0.2, -0.15) is 0 Å². The molecule has 1 heterocycles. The summed E-state index contributed by atoms with van der Waals surface area (Å²) in [5.41, 5.74) is 0. The molecule has 4 nitrogen and oxygen atoms in total. The Morgan fingerprint density at radius 1 is 1.78 bits per heavy atom. The lowest BCUT2D eigenvalue weighted by atomic mass is 10.0. The lowest BCUT2D eigenvalue weighted by Gasteiger charge is -2.37. The van der Waals surface area contributed by atoms with Crippen molar-refractivity contribution < 1.29 is 19.7 Å². The molecule has 0 saturated carbocycles. The Morgan fingerprint density at radius 2 is 2.33 bits per heavy atom. The quantitative estimate of drug-likeness (QED) is 0.355. The van der Waals surface area contributed by atoms with E-state index in [9.17, 15) is 4.79 Å². The zero-order valence-corrected chi connectivity index (χ0v) is 5.00. The first-order valence-electron chi connectivity index (χ1n) is 2.75. The minimum Gasteiger partial charge on any atom is -0.452 e. The number of aliphatic hydroxyl groups is 2. The van der Waals surface area contributed by atoms with Crippen molar-refractivity contribution in [2.45, 2.75) is 25.2 Å². The van der Waals surface area contributed by atoms with E-state index in [-0.39, 0.29) is 0 Å². The zero-order valence-electron chi connectivity index (χ0n) is 5.00. The van der Waals surface area contributed by atoms with Crippen LogP contribution in [0.4, 0.5) is 0 Å². The molecular weight excluding hydrogens is 124 g/mol. The molecule has 0 aromatic heterocycles. The number of carbonyl (C=O) groups is 1. The van der Waals surface area contributed by atoms with Crippen LogP contribution in [0, 0.1) is 0 Å². The normalized spacial score (nSPS) is 31.0. The Hall–Kier alpha value is -0.610. The van der Waals surface area contributed by atoms with E-state index in [2.05, 4.69) is 4.74 Å². The molecular formula is C5H8O4. The number of esters is 1. The molecule has 0 aromatic rings. The number of cyclic esters (lactones) is 1. The highest BCUT2D eigenvalue weighted by atomic mass is 16.7. The number of hydrogen-bond donors (Lipinski definition) is 2. The van der Waals surface area contributed by atoms with Gasteiger partial charge in [0.1, 0.15) is 0 Å². The summed E-state index contributed by atoms with van der Waals surface area (Å²) in [6.07, 6.45) is -0.302. The summed E-state index contributed by atoms with van der Waals surface area (Å²) in [5, 5.41) is 17.4. The van der Waals surface area contributed by atoms with Crippen LogP contribution in [-0.4, -0.2) is 28.1 Å². The van der Waals surface area contributed by atoms with E-state index in [0.29, 0.717) is 6.42 Å². The third-order valence-electron chi connectivity index (χ3n) is 1.37. The second-order valence-corrected chi connectivity index (χ2v) is 2.03. The van der Waals surface area contributed by atoms with Crippen LogP contribution < -0.4 is 0 Å². The minimum absolute atomic E-state index is 0.429. The Balaban J connectivity index is 2.58. The molecule has 0 aromatic carbocycles. The van der Waals surface area contributed by atoms with Crippen LogP contribution >= 0.6 is 0 Å². The van der Waals surface area contributed by atoms with Gasteiger partial charge in [0.2, 0.25) is 0 Å². The summed E-state index contributed by atoms with van der Waals surface area (Å²) in [4.78, 5) is 10.2. The minimum atomic E-state index is -2.21. The van der Waals surface area contributed by atoms with Crippen molar-refractivity contribution in [1.82, 2.24) is 0 Å². The summed E-state index contributed by atoms with van der Waals surface area (Å²) >= 11 is 0. The highest BCUT2D eigenvalue weighted by Crippen LogP contribution is 2.26. The zero-order chi connectivity index (χ0) is 7.07. The molecule has 0 aliphatic carbocycles. The van der Waals surface area contributed by atoms with Crippen molar-refractivity contribution in [2.24, 2.45) is 0 Å². The predicted molar refractivity (Wildman–Crippen MR) is 27.3 cm³/mol. The Labute approximate surface area is 52.1 Å². The summed E-state index contributed by atoms with van der Waals surface area (Å²) in [5.74, 6) is -3.16. The first kappa shape index (κ1) is 6.51. The largest absolute Gasteiger partial charge is 0.452 e. The first-order valence-corrected chi connectivity index (χ1v) is 2.75. The fourth-order valence-corrected chi connectivity index (χ4v) is 0.739. The van der Waals surface area contributed by atoms with Crippen LogP contribution in [0.15, 0.2) is 0 Å². The topological polar surface area (TPSA) is 66.8 Å². The number of carbonyl (C=O) groups excluding carboxylic acids is 1. The van der Waals surface area contributed by atoms with E-state index in [0.717, 1.165) is 0 Å². The Bertz CT molecular complexity index is 140. The second-order valence-electron chi connectivity index (χ2n) is 2.03. The molecule has 1 rings (SSSR count). The monoisotopic (exact) mass is 132 g/mol. The van der Waals surface area contributed by atoms with Crippen LogP contribution in [-0.2, 0) is 9.53 Å². The van der Waals surface area contributed by atoms with E-state index >= 15 is 0 Å².